The van der Waals surface area contributed by atoms with Crippen molar-refractivity contribution in [1.82, 2.24) is 0 Å². The summed E-state index contributed by atoms with van der Waals surface area (Å²) in [6, 6.07) is 0. The number of carbonyl (C=O) groups excluding carboxylic acids is 1. The second-order valence-corrected chi connectivity index (χ2v) is 7.25. The molecule has 3 aliphatic rings. The molecule has 0 spiro atoms. The Kier molecular flexibility index (Phi) is 6.06. The van der Waals surface area contributed by atoms with Crippen LogP contribution in [0.25, 0.3) is 0 Å². The summed E-state index contributed by atoms with van der Waals surface area (Å²) in [6.45, 7) is 1.21. The molecule has 10 nitrogen and oxygen atoms in total. The van der Waals surface area contributed by atoms with E-state index in [2.05, 4.69) is 0 Å². The van der Waals surface area contributed by atoms with Gasteiger partial charge in [0.25, 0.3) is 0 Å². The van der Waals surface area contributed by atoms with Crippen molar-refractivity contribution in [3.63, 3.8) is 0 Å². The van der Waals surface area contributed by atoms with Gasteiger partial charge < -0.3 is 44.5 Å². The number of fused-ring (bicyclic) bond motifs is 1. The van der Waals surface area contributed by atoms with E-state index >= 15 is 0 Å². The molecule has 0 bridgehead atoms. The fourth-order valence-corrected chi connectivity index (χ4v) is 4.10. The molecule has 0 amide bonds. The van der Waals surface area contributed by atoms with Crippen molar-refractivity contribution in [2.24, 2.45) is 17.8 Å². The first-order valence-electron chi connectivity index (χ1n) is 8.88. The summed E-state index contributed by atoms with van der Waals surface area (Å²) in [5, 5.41) is 49.4. The second-order valence-electron chi connectivity index (χ2n) is 7.25. The zero-order valence-electron chi connectivity index (χ0n) is 15.0. The molecule has 10 atom stereocenters. The minimum atomic E-state index is -1.58. The van der Waals surface area contributed by atoms with E-state index in [1.54, 1.807) is 6.92 Å². The predicted octanol–water partition coefficient (Wildman–Crippen LogP) is -2.15. The predicted molar refractivity (Wildman–Crippen MR) is 86.6 cm³/mol. The van der Waals surface area contributed by atoms with Crippen LogP contribution in [0.5, 0.6) is 0 Å². The van der Waals surface area contributed by atoms with Gasteiger partial charge in [-0.3, -0.25) is 0 Å². The van der Waals surface area contributed by atoms with Gasteiger partial charge in [-0.15, -0.1) is 0 Å². The highest BCUT2D eigenvalue weighted by Crippen LogP contribution is 2.47. The van der Waals surface area contributed by atoms with Crippen molar-refractivity contribution in [3.05, 3.63) is 11.8 Å². The fourth-order valence-electron chi connectivity index (χ4n) is 4.10. The Labute approximate surface area is 155 Å². The maximum atomic E-state index is 12.0. The van der Waals surface area contributed by atoms with E-state index in [0.717, 1.165) is 0 Å². The van der Waals surface area contributed by atoms with E-state index in [9.17, 15) is 30.3 Å². The van der Waals surface area contributed by atoms with Gasteiger partial charge in [-0.1, -0.05) is 6.92 Å². The average molecular weight is 390 g/mol. The van der Waals surface area contributed by atoms with Crippen LogP contribution < -0.4 is 0 Å². The normalized spacial score (nSPS) is 47.0. The molecule has 154 valence electrons. The number of esters is 1. The van der Waals surface area contributed by atoms with E-state index in [0.29, 0.717) is 12.0 Å². The molecule has 2 heterocycles. The summed E-state index contributed by atoms with van der Waals surface area (Å²) in [4.78, 5) is 12.0. The van der Waals surface area contributed by atoms with Gasteiger partial charge in [-0.25, -0.2) is 4.79 Å². The highest BCUT2D eigenvalue weighted by atomic mass is 16.8. The van der Waals surface area contributed by atoms with E-state index in [-0.39, 0.29) is 11.8 Å². The Bertz CT molecular complexity index is 578. The summed E-state index contributed by atoms with van der Waals surface area (Å²) in [7, 11) is 1.25. The quantitative estimate of drug-likeness (QED) is 0.336. The second kappa shape index (κ2) is 8.00. The van der Waals surface area contributed by atoms with Crippen LogP contribution in [0.4, 0.5) is 0 Å². The van der Waals surface area contributed by atoms with Crippen molar-refractivity contribution in [2.75, 3.05) is 13.7 Å². The van der Waals surface area contributed by atoms with Crippen LogP contribution in [0.2, 0.25) is 0 Å². The third-order valence-electron chi connectivity index (χ3n) is 5.75. The summed E-state index contributed by atoms with van der Waals surface area (Å²) < 4.78 is 21.4. The molecule has 1 aliphatic carbocycles. The van der Waals surface area contributed by atoms with Gasteiger partial charge in [0.15, 0.2) is 6.29 Å². The van der Waals surface area contributed by atoms with Crippen molar-refractivity contribution in [2.45, 2.75) is 56.4 Å². The lowest BCUT2D eigenvalue weighted by Gasteiger charge is -2.43. The average Bonchev–Trinajstić information content (AvgIpc) is 2.96. The number of ether oxygens (including phenoxy) is 4. The molecule has 10 heteroatoms. The van der Waals surface area contributed by atoms with Crippen LogP contribution in [0.3, 0.4) is 0 Å². The van der Waals surface area contributed by atoms with E-state index in [1.165, 1.54) is 13.4 Å². The number of hydrogen-bond donors (Lipinski definition) is 5. The number of methoxy groups -OCH3 is 1. The monoisotopic (exact) mass is 390 g/mol. The standard InChI is InChI=1S/C17H26O10/c1-6-9(19)3-7-8(15(23)24-2)5-25-16(11(6)7)27-17-14(22)13(21)12(20)10(4-18)26-17/h5-7,9-14,16-22H,3-4H2,1-2H3/t6-,7+,9+,10+,11-,12+,13-,14+,16-,17-/m0/s1. The molecule has 2 fully saturated rings. The first-order chi connectivity index (χ1) is 12.8. The van der Waals surface area contributed by atoms with Crippen LogP contribution in [0.1, 0.15) is 13.3 Å². The van der Waals surface area contributed by atoms with Crippen LogP contribution in [0, 0.1) is 17.8 Å². The topological polar surface area (TPSA) is 155 Å². The fraction of sp³-hybridized carbons (Fsp3) is 0.824. The van der Waals surface area contributed by atoms with Crippen molar-refractivity contribution < 1.29 is 49.3 Å². The Morgan fingerprint density at radius 3 is 2.52 bits per heavy atom. The maximum Gasteiger partial charge on any atom is 0.337 e. The third kappa shape index (κ3) is 3.58. The lowest BCUT2D eigenvalue weighted by Crippen LogP contribution is -2.60. The molecular weight excluding hydrogens is 364 g/mol. The van der Waals surface area contributed by atoms with E-state index in [4.69, 9.17) is 18.9 Å². The Hall–Kier alpha value is -1.27. The van der Waals surface area contributed by atoms with Crippen molar-refractivity contribution in [1.29, 1.82) is 0 Å². The number of aliphatic hydroxyl groups excluding tert-OH is 5. The molecule has 3 rings (SSSR count). The molecule has 1 saturated carbocycles. The molecule has 27 heavy (non-hydrogen) atoms. The molecule has 1 saturated heterocycles. The molecule has 0 unspecified atom stereocenters. The highest BCUT2D eigenvalue weighted by molar-refractivity contribution is 5.89. The minimum Gasteiger partial charge on any atom is -0.472 e. The highest BCUT2D eigenvalue weighted by Gasteiger charge is 2.53. The van der Waals surface area contributed by atoms with Gasteiger partial charge >= 0.3 is 5.97 Å². The van der Waals surface area contributed by atoms with Crippen molar-refractivity contribution >= 4 is 5.97 Å². The Morgan fingerprint density at radius 1 is 1.19 bits per heavy atom. The van der Waals surface area contributed by atoms with Crippen LogP contribution in [0.15, 0.2) is 11.8 Å². The molecule has 5 N–H and O–H groups in total. The van der Waals surface area contributed by atoms with E-state index in [1.807, 2.05) is 0 Å². The van der Waals surface area contributed by atoms with Gasteiger partial charge in [0.1, 0.15) is 24.4 Å². The number of aliphatic hydroxyl groups is 5. The first kappa shape index (κ1) is 20.5. The summed E-state index contributed by atoms with van der Waals surface area (Å²) >= 11 is 0. The smallest absolute Gasteiger partial charge is 0.337 e. The lowest BCUT2D eigenvalue weighted by atomic mass is 9.83. The molecule has 0 aromatic heterocycles. The zero-order chi connectivity index (χ0) is 19.9. The zero-order valence-corrected chi connectivity index (χ0v) is 15.0. The molecule has 2 aliphatic heterocycles. The third-order valence-corrected chi connectivity index (χ3v) is 5.75. The van der Waals surface area contributed by atoms with Crippen LogP contribution in [-0.4, -0.2) is 88.3 Å². The van der Waals surface area contributed by atoms with Crippen LogP contribution >= 0.6 is 0 Å². The van der Waals surface area contributed by atoms with Gasteiger partial charge in [-0.2, -0.15) is 0 Å². The largest absolute Gasteiger partial charge is 0.472 e. The summed E-state index contributed by atoms with van der Waals surface area (Å²) in [6.07, 6.45) is -7.25. The number of carbonyl (C=O) groups is 1. The maximum absolute atomic E-state index is 12.0. The first-order valence-corrected chi connectivity index (χ1v) is 8.88. The number of rotatable bonds is 4. The van der Waals surface area contributed by atoms with Gasteiger partial charge in [-0.05, 0) is 12.3 Å². The minimum absolute atomic E-state index is 0.279. The van der Waals surface area contributed by atoms with Gasteiger partial charge in [0.05, 0.1) is 31.7 Å². The summed E-state index contributed by atoms with van der Waals surface area (Å²) in [5.74, 6) is -1.63. The number of hydrogen-bond acceptors (Lipinski definition) is 10. The van der Waals surface area contributed by atoms with Gasteiger partial charge in [0.2, 0.25) is 6.29 Å². The van der Waals surface area contributed by atoms with Crippen LogP contribution in [-0.2, 0) is 23.7 Å². The van der Waals surface area contributed by atoms with Crippen molar-refractivity contribution in [3.8, 4) is 0 Å². The molecule has 0 aromatic rings. The Morgan fingerprint density at radius 2 is 1.89 bits per heavy atom. The molecule has 0 radical (unpaired) electrons. The SMILES string of the molecule is COC(=O)C1=CO[C@@H](O[C@@H]2O[C@H](CO)[C@@H](O)[C@H](O)[C@H]2O)[C@H]2[C@@H](C)[C@H](O)C[C@H]12. The molecular formula is C17H26O10. The van der Waals surface area contributed by atoms with Gasteiger partial charge in [0, 0.05) is 11.8 Å². The van der Waals surface area contributed by atoms with E-state index < -0.39 is 61.6 Å². The summed E-state index contributed by atoms with van der Waals surface area (Å²) in [5.41, 5.74) is 0.291. The lowest BCUT2D eigenvalue weighted by molar-refractivity contribution is -0.342. The Balaban J connectivity index is 1.80. The molecule has 0 aromatic carbocycles.